The quantitative estimate of drug-likeness (QED) is 0.642. The number of rotatable bonds is 2. The highest BCUT2D eigenvalue weighted by atomic mass is 14.9. The first-order valence-corrected chi connectivity index (χ1v) is 3.17. The van der Waals surface area contributed by atoms with Crippen molar-refractivity contribution in [2.75, 3.05) is 24.7 Å². The Hall–Kier alpha value is -1.25. The van der Waals surface area contributed by atoms with E-state index < -0.39 is 0 Å². The van der Waals surface area contributed by atoms with E-state index in [9.17, 15) is 0 Å². The zero-order valence-electron chi connectivity index (χ0n) is 6.18. The molecule has 3 nitrogen and oxygen atoms in total. The van der Waals surface area contributed by atoms with Gasteiger partial charge in [0.25, 0.3) is 0 Å². The van der Waals surface area contributed by atoms with E-state index in [0.29, 0.717) is 0 Å². The number of aromatic nitrogens is 1. The lowest BCUT2D eigenvalue weighted by Crippen LogP contribution is -1.92. The maximum atomic E-state index is 4.00. The zero-order valence-corrected chi connectivity index (χ0v) is 6.18. The van der Waals surface area contributed by atoms with Crippen LogP contribution < -0.4 is 10.6 Å². The lowest BCUT2D eigenvalue weighted by Gasteiger charge is -2.01. The van der Waals surface area contributed by atoms with Crippen LogP contribution >= 0.6 is 0 Å². The van der Waals surface area contributed by atoms with Gasteiger partial charge < -0.3 is 10.6 Å². The van der Waals surface area contributed by atoms with Crippen LogP contribution in [0, 0.1) is 0 Å². The van der Waals surface area contributed by atoms with Crippen molar-refractivity contribution < 1.29 is 0 Å². The third-order valence-electron chi connectivity index (χ3n) is 1.32. The second-order valence-electron chi connectivity index (χ2n) is 1.96. The molecule has 0 fully saturated rings. The Bertz CT molecular complexity index is 191. The Morgan fingerprint density at radius 1 is 1.10 bits per heavy atom. The van der Waals surface area contributed by atoms with Gasteiger partial charge in [-0.1, -0.05) is 0 Å². The Morgan fingerprint density at radius 2 is 1.60 bits per heavy atom. The van der Waals surface area contributed by atoms with Gasteiger partial charge in [-0.25, -0.2) is 0 Å². The molecule has 1 rings (SSSR count). The highest BCUT2D eigenvalue weighted by Crippen LogP contribution is 2.10. The minimum absolute atomic E-state index is 1.02. The van der Waals surface area contributed by atoms with Gasteiger partial charge in [0.15, 0.2) is 0 Å². The fourth-order valence-corrected chi connectivity index (χ4v) is 0.713. The molecule has 3 heteroatoms. The number of hydrogen-bond donors (Lipinski definition) is 2. The first-order chi connectivity index (χ1) is 4.86. The van der Waals surface area contributed by atoms with E-state index in [1.165, 1.54) is 0 Å². The van der Waals surface area contributed by atoms with Crippen LogP contribution in [0.5, 0.6) is 0 Å². The second kappa shape index (κ2) is 3.06. The molecule has 1 aromatic heterocycles. The van der Waals surface area contributed by atoms with Gasteiger partial charge in [0, 0.05) is 14.1 Å². The van der Waals surface area contributed by atoms with E-state index in [1.807, 2.05) is 20.2 Å². The molecule has 0 saturated carbocycles. The van der Waals surface area contributed by atoms with E-state index >= 15 is 0 Å². The minimum atomic E-state index is 1.02. The molecule has 0 amide bonds. The number of anilines is 2. The van der Waals surface area contributed by atoms with Gasteiger partial charge in [-0.3, -0.25) is 4.98 Å². The average molecular weight is 137 g/mol. The normalized spacial score (nSPS) is 9.00. The van der Waals surface area contributed by atoms with Crippen LogP contribution in [0.2, 0.25) is 0 Å². The topological polar surface area (TPSA) is 37.0 Å². The van der Waals surface area contributed by atoms with Crippen molar-refractivity contribution in [1.82, 2.24) is 4.98 Å². The van der Waals surface area contributed by atoms with Crippen LogP contribution in [0.4, 0.5) is 11.4 Å². The molecule has 0 spiro atoms. The molecule has 0 aliphatic carbocycles. The van der Waals surface area contributed by atoms with Crippen molar-refractivity contribution in [1.29, 1.82) is 0 Å². The lowest BCUT2D eigenvalue weighted by atomic mass is 10.4. The highest BCUT2D eigenvalue weighted by Gasteiger charge is 1.89. The lowest BCUT2D eigenvalue weighted by molar-refractivity contribution is 1.30. The summed E-state index contributed by atoms with van der Waals surface area (Å²) in [6.45, 7) is 0. The summed E-state index contributed by atoms with van der Waals surface area (Å²) < 4.78 is 0. The summed E-state index contributed by atoms with van der Waals surface area (Å²) in [4.78, 5) is 4.00. The predicted octanol–water partition coefficient (Wildman–Crippen LogP) is 1.16. The highest BCUT2D eigenvalue weighted by molar-refractivity contribution is 5.53. The maximum absolute atomic E-state index is 4.00. The van der Waals surface area contributed by atoms with Gasteiger partial charge >= 0.3 is 0 Å². The van der Waals surface area contributed by atoms with Crippen LogP contribution in [-0.4, -0.2) is 19.1 Å². The van der Waals surface area contributed by atoms with Crippen LogP contribution in [0.25, 0.3) is 0 Å². The van der Waals surface area contributed by atoms with Crippen molar-refractivity contribution in [2.24, 2.45) is 0 Å². The third kappa shape index (κ3) is 1.37. The summed E-state index contributed by atoms with van der Waals surface area (Å²) in [5, 5.41) is 6.00. The third-order valence-corrected chi connectivity index (χ3v) is 1.32. The summed E-state index contributed by atoms with van der Waals surface area (Å²) in [6.07, 6.45) is 3.56. The standard InChI is InChI=1S/C7H11N3/c1-8-6-3-7(9-2)5-10-4-6/h3-5,8-9H,1-2H3. The fraction of sp³-hybridized carbons (Fsp3) is 0.286. The molecule has 0 bridgehead atoms. The summed E-state index contributed by atoms with van der Waals surface area (Å²) in [5.74, 6) is 0. The Labute approximate surface area is 60.5 Å². The molecular weight excluding hydrogens is 126 g/mol. The first kappa shape index (κ1) is 6.86. The molecule has 0 radical (unpaired) electrons. The van der Waals surface area contributed by atoms with Gasteiger partial charge in [-0.15, -0.1) is 0 Å². The summed E-state index contributed by atoms with van der Waals surface area (Å²) in [6, 6.07) is 1.99. The van der Waals surface area contributed by atoms with E-state index in [2.05, 4.69) is 15.6 Å². The second-order valence-corrected chi connectivity index (χ2v) is 1.96. The number of pyridine rings is 1. The van der Waals surface area contributed by atoms with Gasteiger partial charge in [-0.05, 0) is 6.07 Å². The van der Waals surface area contributed by atoms with E-state index in [-0.39, 0.29) is 0 Å². The van der Waals surface area contributed by atoms with Crippen molar-refractivity contribution in [2.45, 2.75) is 0 Å². The molecule has 0 aromatic carbocycles. The van der Waals surface area contributed by atoms with Crippen LogP contribution in [-0.2, 0) is 0 Å². The average Bonchev–Trinajstić information content (AvgIpc) is 2.05. The summed E-state index contributed by atoms with van der Waals surface area (Å²) >= 11 is 0. The molecule has 2 N–H and O–H groups in total. The van der Waals surface area contributed by atoms with Gasteiger partial charge in [0.1, 0.15) is 0 Å². The molecule has 0 atom stereocenters. The number of hydrogen-bond acceptors (Lipinski definition) is 3. The molecule has 0 aliphatic rings. The molecule has 0 unspecified atom stereocenters. The van der Waals surface area contributed by atoms with E-state index in [1.54, 1.807) is 12.4 Å². The van der Waals surface area contributed by atoms with Crippen LogP contribution in [0.1, 0.15) is 0 Å². The van der Waals surface area contributed by atoms with Gasteiger partial charge in [0.2, 0.25) is 0 Å². The van der Waals surface area contributed by atoms with Crippen LogP contribution in [0.3, 0.4) is 0 Å². The van der Waals surface area contributed by atoms with E-state index in [0.717, 1.165) is 11.4 Å². The Balaban J connectivity index is 2.87. The number of nitrogens with one attached hydrogen (secondary N) is 2. The van der Waals surface area contributed by atoms with Gasteiger partial charge in [0.05, 0.1) is 23.8 Å². The number of nitrogens with zero attached hydrogens (tertiary/aromatic N) is 1. The predicted molar refractivity (Wildman–Crippen MR) is 43.3 cm³/mol. The Morgan fingerprint density at radius 3 is 2.00 bits per heavy atom. The summed E-state index contributed by atoms with van der Waals surface area (Å²) in [7, 11) is 3.74. The molecule has 10 heavy (non-hydrogen) atoms. The Kier molecular flexibility index (Phi) is 2.10. The molecule has 0 aliphatic heterocycles. The van der Waals surface area contributed by atoms with E-state index in [4.69, 9.17) is 0 Å². The van der Waals surface area contributed by atoms with Gasteiger partial charge in [-0.2, -0.15) is 0 Å². The molecule has 1 aromatic rings. The van der Waals surface area contributed by atoms with Crippen LogP contribution in [0.15, 0.2) is 18.5 Å². The zero-order chi connectivity index (χ0) is 7.40. The molecule has 0 saturated heterocycles. The van der Waals surface area contributed by atoms with Crippen molar-refractivity contribution >= 4 is 11.4 Å². The largest absolute Gasteiger partial charge is 0.387 e. The maximum Gasteiger partial charge on any atom is 0.0544 e. The molecule has 1 heterocycles. The molecular formula is C7H11N3. The first-order valence-electron chi connectivity index (χ1n) is 3.17. The SMILES string of the molecule is CNc1cncc(NC)c1. The molecule has 54 valence electrons. The van der Waals surface area contributed by atoms with Crippen molar-refractivity contribution in [3.63, 3.8) is 0 Å². The smallest absolute Gasteiger partial charge is 0.0544 e. The van der Waals surface area contributed by atoms with Crippen molar-refractivity contribution in [3.05, 3.63) is 18.5 Å². The summed E-state index contributed by atoms with van der Waals surface area (Å²) in [5.41, 5.74) is 2.04. The van der Waals surface area contributed by atoms with Crippen molar-refractivity contribution in [3.8, 4) is 0 Å². The minimum Gasteiger partial charge on any atom is -0.387 e. The monoisotopic (exact) mass is 137 g/mol. The fourth-order valence-electron chi connectivity index (χ4n) is 0.713.